The third kappa shape index (κ3) is 5.43. The molecule has 0 unspecified atom stereocenters. The summed E-state index contributed by atoms with van der Waals surface area (Å²) in [6.07, 6.45) is 0.789. The first-order chi connectivity index (χ1) is 9.97. The number of likely N-dealkylation sites (N-methyl/N-ethyl adjacent to an activating group) is 1. The number of benzene rings is 1. The number of nitrogens with two attached hydrogens (primary N) is 1. The molecule has 1 rings (SSSR count). The minimum absolute atomic E-state index is 0.0727. The highest BCUT2D eigenvalue weighted by atomic mass is 16.2. The maximum atomic E-state index is 12.3. The standard InChI is InChI=1S/C15H24N4O2/c1-4-8-19(11-14(20)18(2)3)15(21)17-13-7-5-6-12(9-13)10-16/h5-7,9H,4,8,10-11,16H2,1-3H3,(H,17,21). The van der Waals surface area contributed by atoms with Gasteiger partial charge >= 0.3 is 6.03 Å². The molecule has 1 aromatic carbocycles. The van der Waals surface area contributed by atoms with E-state index in [2.05, 4.69) is 5.32 Å². The number of anilines is 1. The number of carbonyl (C=O) groups excluding carboxylic acids is 2. The summed E-state index contributed by atoms with van der Waals surface area (Å²) < 4.78 is 0. The van der Waals surface area contributed by atoms with Crippen LogP contribution in [0.15, 0.2) is 24.3 Å². The van der Waals surface area contributed by atoms with Crippen molar-refractivity contribution in [1.29, 1.82) is 0 Å². The second kappa shape index (κ2) is 8.26. The molecule has 6 nitrogen and oxygen atoms in total. The van der Waals surface area contributed by atoms with Crippen LogP contribution in [0.2, 0.25) is 0 Å². The van der Waals surface area contributed by atoms with Crippen molar-refractivity contribution < 1.29 is 9.59 Å². The van der Waals surface area contributed by atoms with Gasteiger partial charge < -0.3 is 20.9 Å². The van der Waals surface area contributed by atoms with Gasteiger partial charge in [0, 0.05) is 32.9 Å². The fourth-order valence-corrected chi connectivity index (χ4v) is 1.81. The number of hydrogen-bond acceptors (Lipinski definition) is 3. The van der Waals surface area contributed by atoms with E-state index in [4.69, 9.17) is 5.73 Å². The Morgan fingerprint density at radius 3 is 2.57 bits per heavy atom. The van der Waals surface area contributed by atoms with Crippen LogP contribution in [0.1, 0.15) is 18.9 Å². The molecule has 21 heavy (non-hydrogen) atoms. The number of urea groups is 1. The molecule has 116 valence electrons. The van der Waals surface area contributed by atoms with Crippen LogP contribution in [0.3, 0.4) is 0 Å². The van der Waals surface area contributed by atoms with Gasteiger partial charge in [-0.05, 0) is 24.1 Å². The molecule has 0 bridgehead atoms. The summed E-state index contributed by atoms with van der Waals surface area (Å²) >= 11 is 0. The number of nitrogens with one attached hydrogen (secondary N) is 1. The fourth-order valence-electron chi connectivity index (χ4n) is 1.81. The normalized spacial score (nSPS) is 10.1. The maximum absolute atomic E-state index is 12.3. The monoisotopic (exact) mass is 292 g/mol. The molecule has 0 saturated heterocycles. The summed E-state index contributed by atoms with van der Waals surface area (Å²) in [5.74, 6) is -0.102. The number of hydrogen-bond donors (Lipinski definition) is 2. The van der Waals surface area contributed by atoms with E-state index in [1.165, 1.54) is 9.80 Å². The van der Waals surface area contributed by atoms with Crippen LogP contribution < -0.4 is 11.1 Å². The summed E-state index contributed by atoms with van der Waals surface area (Å²) in [7, 11) is 3.35. The van der Waals surface area contributed by atoms with Gasteiger partial charge in [0.25, 0.3) is 0 Å². The van der Waals surface area contributed by atoms with Gasteiger partial charge in [-0.25, -0.2) is 4.79 Å². The van der Waals surface area contributed by atoms with Crippen molar-refractivity contribution in [1.82, 2.24) is 9.80 Å². The minimum atomic E-state index is -0.277. The van der Waals surface area contributed by atoms with E-state index in [1.807, 2.05) is 25.1 Å². The van der Waals surface area contributed by atoms with Crippen LogP contribution in [0.25, 0.3) is 0 Å². The molecule has 0 aliphatic heterocycles. The lowest BCUT2D eigenvalue weighted by molar-refractivity contribution is -0.129. The Kier molecular flexibility index (Phi) is 6.68. The molecule has 0 spiro atoms. The van der Waals surface area contributed by atoms with Crippen molar-refractivity contribution in [3.05, 3.63) is 29.8 Å². The lowest BCUT2D eigenvalue weighted by Crippen LogP contribution is -2.42. The van der Waals surface area contributed by atoms with E-state index in [-0.39, 0.29) is 18.5 Å². The summed E-state index contributed by atoms with van der Waals surface area (Å²) in [5.41, 5.74) is 7.21. The number of rotatable bonds is 6. The Bertz CT molecular complexity index is 488. The Morgan fingerprint density at radius 2 is 2.00 bits per heavy atom. The fraction of sp³-hybridized carbons (Fsp3) is 0.467. The molecule has 0 fully saturated rings. The van der Waals surface area contributed by atoms with Crippen LogP contribution in [0.4, 0.5) is 10.5 Å². The van der Waals surface area contributed by atoms with Crippen molar-refractivity contribution >= 4 is 17.6 Å². The van der Waals surface area contributed by atoms with Gasteiger partial charge in [0.2, 0.25) is 5.91 Å². The Hall–Kier alpha value is -2.08. The van der Waals surface area contributed by atoms with Crippen LogP contribution in [-0.4, -0.2) is 48.9 Å². The average molecular weight is 292 g/mol. The predicted octanol–water partition coefficient (Wildman–Crippen LogP) is 1.48. The first-order valence-corrected chi connectivity index (χ1v) is 7.03. The molecule has 0 heterocycles. The molecule has 0 aromatic heterocycles. The zero-order chi connectivity index (χ0) is 15.8. The number of amides is 3. The van der Waals surface area contributed by atoms with E-state index < -0.39 is 0 Å². The van der Waals surface area contributed by atoms with Crippen molar-refractivity contribution in [2.75, 3.05) is 32.5 Å². The van der Waals surface area contributed by atoms with Gasteiger partial charge in [0.05, 0.1) is 0 Å². The van der Waals surface area contributed by atoms with Gasteiger partial charge in [-0.3, -0.25) is 4.79 Å². The molecular formula is C15H24N4O2. The van der Waals surface area contributed by atoms with E-state index >= 15 is 0 Å². The van der Waals surface area contributed by atoms with Crippen molar-refractivity contribution in [3.8, 4) is 0 Å². The topological polar surface area (TPSA) is 78.7 Å². The predicted molar refractivity (Wildman–Crippen MR) is 83.9 cm³/mol. The highest BCUT2D eigenvalue weighted by Gasteiger charge is 2.17. The largest absolute Gasteiger partial charge is 0.347 e. The van der Waals surface area contributed by atoms with E-state index in [1.54, 1.807) is 20.2 Å². The molecule has 0 aliphatic carbocycles. The van der Waals surface area contributed by atoms with Gasteiger partial charge in [-0.2, -0.15) is 0 Å². The van der Waals surface area contributed by atoms with Crippen molar-refractivity contribution in [2.24, 2.45) is 5.73 Å². The van der Waals surface area contributed by atoms with Crippen LogP contribution in [-0.2, 0) is 11.3 Å². The lowest BCUT2D eigenvalue weighted by atomic mass is 10.2. The highest BCUT2D eigenvalue weighted by molar-refractivity contribution is 5.92. The van der Waals surface area contributed by atoms with Crippen LogP contribution in [0.5, 0.6) is 0 Å². The van der Waals surface area contributed by atoms with Gasteiger partial charge in [0.1, 0.15) is 6.54 Å². The summed E-state index contributed by atoms with van der Waals surface area (Å²) in [5, 5.41) is 2.81. The number of carbonyl (C=O) groups is 2. The quantitative estimate of drug-likeness (QED) is 0.833. The SMILES string of the molecule is CCCN(CC(=O)N(C)C)C(=O)Nc1cccc(CN)c1. The molecule has 3 amide bonds. The molecule has 6 heteroatoms. The van der Waals surface area contributed by atoms with Gasteiger partial charge in [-0.15, -0.1) is 0 Å². The Balaban J connectivity index is 2.73. The summed E-state index contributed by atoms with van der Waals surface area (Å²) in [6, 6.07) is 7.09. The van der Waals surface area contributed by atoms with Crippen LogP contribution >= 0.6 is 0 Å². The summed E-state index contributed by atoms with van der Waals surface area (Å²) in [4.78, 5) is 27.0. The van der Waals surface area contributed by atoms with E-state index in [9.17, 15) is 9.59 Å². The van der Waals surface area contributed by atoms with Crippen molar-refractivity contribution in [2.45, 2.75) is 19.9 Å². The van der Waals surface area contributed by atoms with Crippen LogP contribution in [0, 0.1) is 0 Å². The molecule has 3 N–H and O–H groups in total. The minimum Gasteiger partial charge on any atom is -0.347 e. The first kappa shape index (κ1) is 17.0. The van der Waals surface area contributed by atoms with Gasteiger partial charge in [-0.1, -0.05) is 19.1 Å². The zero-order valence-corrected chi connectivity index (χ0v) is 12.9. The highest BCUT2D eigenvalue weighted by Crippen LogP contribution is 2.11. The smallest absolute Gasteiger partial charge is 0.322 e. The average Bonchev–Trinajstić information content (AvgIpc) is 2.46. The molecule has 1 aromatic rings. The molecular weight excluding hydrogens is 268 g/mol. The Morgan fingerprint density at radius 1 is 1.29 bits per heavy atom. The molecule has 0 radical (unpaired) electrons. The van der Waals surface area contributed by atoms with E-state index in [0.29, 0.717) is 18.8 Å². The lowest BCUT2D eigenvalue weighted by Gasteiger charge is -2.23. The second-order valence-corrected chi connectivity index (χ2v) is 5.04. The molecule has 0 saturated carbocycles. The van der Waals surface area contributed by atoms with Crippen molar-refractivity contribution in [3.63, 3.8) is 0 Å². The maximum Gasteiger partial charge on any atom is 0.322 e. The third-order valence-corrected chi connectivity index (χ3v) is 3.02. The molecule has 0 atom stereocenters. The zero-order valence-electron chi connectivity index (χ0n) is 12.9. The molecule has 0 aliphatic rings. The first-order valence-electron chi connectivity index (χ1n) is 7.03. The third-order valence-electron chi connectivity index (χ3n) is 3.02. The van der Waals surface area contributed by atoms with E-state index in [0.717, 1.165) is 12.0 Å². The number of nitrogens with zero attached hydrogens (tertiary/aromatic N) is 2. The Labute approximate surface area is 125 Å². The van der Waals surface area contributed by atoms with Gasteiger partial charge in [0.15, 0.2) is 0 Å². The second-order valence-electron chi connectivity index (χ2n) is 5.04. The summed E-state index contributed by atoms with van der Waals surface area (Å²) in [6.45, 7) is 2.99.